The summed E-state index contributed by atoms with van der Waals surface area (Å²) in [6, 6.07) is 7.24. The lowest BCUT2D eigenvalue weighted by molar-refractivity contribution is -0.154. The molecule has 1 N–H and O–H groups in total. The van der Waals surface area contributed by atoms with Crippen molar-refractivity contribution in [3.63, 3.8) is 0 Å². The standard InChI is InChI=1S/C13H17NO4/c1-13(2,3)18-14-12(15)11-8-16-9-6-4-5-7-10(9)17-11/h4-7,11H,8H2,1-3H3,(H,14,15). The van der Waals surface area contributed by atoms with Crippen LogP contribution >= 0.6 is 0 Å². The van der Waals surface area contributed by atoms with Crippen molar-refractivity contribution in [1.82, 2.24) is 5.48 Å². The van der Waals surface area contributed by atoms with Gasteiger partial charge in [0.05, 0.1) is 5.60 Å². The number of carbonyl (C=O) groups is 1. The highest BCUT2D eigenvalue weighted by atomic mass is 16.7. The zero-order chi connectivity index (χ0) is 13.2. The van der Waals surface area contributed by atoms with Gasteiger partial charge in [-0.3, -0.25) is 9.63 Å². The molecule has 1 amide bonds. The summed E-state index contributed by atoms with van der Waals surface area (Å²) in [5.41, 5.74) is 1.94. The van der Waals surface area contributed by atoms with Crippen LogP contribution in [0.2, 0.25) is 0 Å². The topological polar surface area (TPSA) is 56.8 Å². The average molecular weight is 251 g/mol. The normalized spacial score (nSPS) is 18.3. The molecule has 98 valence electrons. The molecule has 0 saturated carbocycles. The SMILES string of the molecule is CC(C)(C)ONC(=O)C1COc2ccccc2O1. The number of hydrogen-bond donors (Lipinski definition) is 1. The van der Waals surface area contributed by atoms with Gasteiger partial charge in [0.25, 0.3) is 5.91 Å². The van der Waals surface area contributed by atoms with Crippen molar-refractivity contribution >= 4 is 5.91 Å². The summed E-state index contributed by atoms with van der Waals surface area (Å²) in [4.78, 5) is 17.0. The van der Waals surface area contributed by atoms with E-state index in [0.717, 1.165) is 0 Å². The number of fused-ring (bicyclic) bond motifs is 1. The van der Waals surface area contributed by atoms with Gasteiger partial charge in [0.1, 0.15) is 6.61 Å². The Morgan fingerprint density at radius 3 is 2.67 bits per heavy atom. The Bertz CT molecular complexity index is 439. The van der Waals surface area contributed by atoms with Gasteiger partial charge in [-0.25, -0.2) is 5.48 Å². The molecule has 18 heavy (non-hydrogen) atoms. The number of benzene rings is 1. The summed E-state index contributed by atoms with van der Waals surface area (Å²) in [5, 5.41) is 0. The van der Waals surface area contributed by atoms with Crippen LogP contribution in [-0.2, 0) is 9.63 Å². The van der Waals surface area contributed by atoms with E-state index in [1.807, 2.05) is 32.9 Å². The highest BCUT2D eigenvalue weighted by Crippen LogP contribution is 2.30. The van der Waals surface area contributed by atoms with Crippen LogP contribution in [0.5, 0.6) is 11.5 Å². The molecule has 0 radical (unpaired) electrons. The second kappa shape index (κ2) is 4.86. The molecule has 1 aliphatic rings. The van der Waals surface area contributed by atoms with Crippen molar-refractivity contribution < 1.29 is 19.1 Å². The van der Waals surface area contributed by atoms with Gasteiger partial charge in [-0.1, -0.05) is 12.1 Å². The summed E-state index contributed by atoms with van der Waals surface area (Å²) < 4.78 is 11.0. The number of rotatable bonds is 2. The first-order chi connectivity index (χ1) is 8.46. The third kappa shape index (κ3) is 3.13. The summed E-state index contributed by atoms with van der Waals surface area (Å²) in [6.07, 6.45) is -0.692. The number of ether oxygens (including phenoxy) is 2. The molecular formula is C13H17NO4. The maximum absolute atomic E-state index is 11.8. The molecule has 2 rings (SSSR count). The minimum atomic E-state index is -0.692. The molecule has 5 heteroatoms. The van der Waals surface area contributed by atoms with Gasteiger partial charge in [0.2, 0.25) is 6.10 Å². The Hall–Kier alpha value is -1.75. The molecule has 1 atom stereocenters. The Labute approximate surface area is 106 Å². The summed E-state index contributed by atoms with van der Waals surface area (Å²) in [7, 11) is 0. The summed E-state index contributed by atoms with van der Waals surface area (Å²) >= 11 is 0. The molecule has 1 unspecified atom stereocenters. The second-order valence-corrected chi connectivity index (χ2v) is 5.04. The Morgan fingerprint density at radius 2 is 2.00 bits per heavy atom. The monoisotopic (exact) mass is 251 g/mol. The predicted molar refractivity (Wildman–Crippen MR) is 65.3 cm³/mol. The molecule has 0 aromatic heterocycles. The Balaban J connectivity index is 1.95. The van der Waals surface area contributed by atoms with E-state index in [9.17, 15) is 4.79 Å². The van der Waals surface area contributed by atoms with E-state index in [2.05, 4.69) is 5.48 Å². The minimum absolute atomic E-state index is 0.177. The molecule has 5 nitrogen and oxygen atoms in total. The first-order valence-electron chi connectivity index (χ1n) is 5.82. The van der Waals surface area contributed by atoms with Gasteiger partial charge in [-0.15, -0.1) is 0 Å². The molecule has 1 aromatic rings. The van der Waals surface area contributed by atoms with E-state index in [0.29, 0.717) is 11.5 Å². The van der Waals surface area contributed by atoms with E-state index >= 15 is 0 Å². The molecule has 0 fully saturated rings. The fraction of sp³-hybridized carbons (Fsp3) is 0.462. The van der Waals surface area contributed by atoms with Gasteiger partial charge < -0.3 is 9.47 Å². The van der Waals surface area contributed by atoms with Crippen LogP contribution in [0.25, 0.3) is 0 Å². The highest BCUT2D eigenvalue weighted by molar-refractivity contribution is 5.80. The van der Waals surface area contributed by atoms with Gasteiger partial charge in [-0.05, 0) is 32.9 Å². The van der Waals surface area contributed by atoms with E-state index in [1.54, 1.807) is 12.1 Å². The molecule has 0 bridgehead atoms. The van der Waals surface area contributed by atoms with Crippen molar-refractivity contribution in [1.29, 1.82) is 0 Å². The summed E-state index contributed by atoms with van der Waals surface area (Å²) in [6.45, 7) is 5.72. The zero-order valence-electron chi connectivity index (χ0n) is 10.7. The number of nitrogens with one attached hydrogen (secondary N) is 1. The average Bonchev–Trinajstić information content (AvgIpc) is 2.34. The van der Waals surface area contributed by atoms with Crippen LogP contribution in [0.4, 0.5) is 0 Å². The number of hydroxylamine groups is 1. The van der Waals surface area contributed by atoms with Crippen LogP contribution in [0.1, 0.15) is 20.8 Å². The van der Waals surface area contributed by atoms with Gasteiger partial charge in [0.15, 0.2) is 11.5 Å². The van der Waals surface area contributed by atoms with Crippen molar-refractivity contribution in [2.24, 2.45) is 0 Å². The van der Waals surface area contributed by atoms with Crippen LogP contribution < -0.4 is 15.0 Å². The lowest BCUT2D eigenvalue weighted by Crippen LogP contribution is -2.46. The molecule has 1 aromatic carbocycles. The number of amides is 1. The predicted octanol–water partition coefficient (Wildman–Crippen LogP) is 1.67. The molecular weight excluding hydrogens is 234 g/mol. The maximum atomic E-state index is 11.8. The third-order valence-electron chi connectivity index (χ3n) is 2.26. The van der Waals surface area contributed by atoms with E-state index in [-0.39, 0.29) is 12.5 Å². The third-order valence-corrected chi connectivity index (χ3v) is 2.26. The van der Waals surface area contributed by atoms with Crippen molar-refractivity contribution in [3.8, 4) is 11.5 Å². The van der Waals surface area contributed by atoms with E-state index in [4.69, 9.17) is 14.3 Å². The number of para-hydroxylation sites is 2. The van der Waals surface area contributed by atoms with Crippen molar-refractivity contribution in [2.75, 3.05) is 6.61 Å². The van der Waals surface area contributed by atoms with Crippen molar-refractivity contribution in [2.45, 2.75) is 32.5 Å². The first-order valence-corrected chi connectivity index (χ1v) is 5.82. The van der Waals surface area contributed by atoms with Crippen LogP contribution in [0.3, 0.4) is 0 Å². The number of carbonyl (C=O) groups excluding carboxylic acids is 1. The van der Waals surface area contributed by atoms with Crippen LogP contribution in [-0.4, -0.2) is 24.2 Å². The van der Waals surface area contributed by atoms with Gasteiger partial charge >= 0.3 is 0 Å². The Kier molecular flexibility index (Phi) is 3.43. The fourth-order valence-corrected chi connectivity index (χ4v) is 1.42. The fourth-order valence-electron chi connectivity index (χ4n) is 1.42. The number of hydrogen-bond acceptors (Lipinski definition) is 4. The molecule has 1 aliphatic heterocycles. The lowest BCUT2D eigenvalue weighted by atomic mass is 10.2. The zero-order valence-corrected chi connectivity index (χ0v) is 10.7. The van der Waals surface area contributed by atoms with Gasteiger partial charge in [0, 0.05) is 0 Å². The second-order valence-electron chi connectivity index (χ2n) is 5.04. The lowest BCUT2D eigenvalue weighted by Gasteiger charge is -2.26. The highest BCUT2D eigenvalue weighted by Gasteiger charge is 2.28. The van der Waals surface area contributed by atoms with E-state index in [1.165, 1.54) is 0 Å². The van der Waals surface area contributed by atoms with Crippen LogP contribution in [0, 0.1) is 0 Å². The van der Waals surface area contributed by atoms with Crippen LogP contribution in [0.15, 0.2) is 24.3 Å². The smallest absolute Gasteiger partial charge is 0.288 e. The van der Waals surface area contributed by atoms with Crippen molar-refractivity contribution in [3.05, 3.63) is 24.3 Å². The summed E-state index contributed by atoms with van der Waals surface area (Å²) in [5.74, 6) is 0.873. The Morgan fingerprint density at radius 1 is 1.33 bits per heavy atom. The maximum Gasteiger partial charge on any atom is 0.288 e. The van der Waals surface area contributed by atoms with Gasteiger partial charge in [-0.2, -0.15) is 0 Å². The quantitative estimate of drug-likeness (QED) is 0.812. The molecule has 0 spiro atoms. The molecule has 0 saturated heterocycles. The van der Waals surface area contributed by atoms with E-state index < -0.39 is 11.7 Å². The molecule has 0 aliphatic carbocycles. The first kappa shape index (κ1) is 12.7. The molecule has 1 heterocycles. The largest absolute Gasteiger partial charge is 0.485 e. The minimum Gasteiger partial charge on any atom is -0.485 e.